The number of hydrazine groups is 1. The van der Waals surface area contributed by atoms with Crippen molar-refractivity contribution in [1.29, 1.82) is 0 Å². The van der Waals surface area contributed by atoms with Gasteiger partial charge in [0.1, 0.15) is 11.9 Å². The molecule has 0 saturated heterocycles. The van der Waals surface area contributed by atoms with Gasteiger partial charge in [-0.2, -0.15) is 0 Å². The van der Waals surface area contributed by atoms with Crippen molar-refractivity contribution in [3.63, 3.8) is 0 Å². The lowest BCUT2D eigenvalue weighted by Crippen LogP contribution is -2.56. The van der Waals surface area contributed by atoms with Gasteiger partial charge >= 0.3 is 0 Å². The standard InChI is InChI=1S/C29H31Cl2N3O4/c1-20-29(19-21-6-3-2-4-7-21,28(36)34-32-15-14-22-8-11-24(30)18-26(22)31)33-27(38-20)23-9-12-25(13-10-23)37-17-5-16-35/h2-4,6-13,18,20,32,35H,5,14-17,19H2,1H3,(H,34,36)/t20-,29-/m0/s1. The average molecular weight is 556 g/mol. The topological polar surface area (TPSA) is 92.2 Å². The molecule has 200 valence electrons. The van der Waals surface area contributed by atoms with E-state index in [1.54, 1.807) is 12.1 Å². The number of aliphatic hydroxyl groups excluding tert-OH is 1. The first-order valence-electron chi connectivity index (χ1n) is 12.5. The second-order valence-electron chi connectivity index (χ2n) is 9.08. The molecule has 9 heteroatoms. The number of aliphatic imine (C=N–C) groups is 1. The molecule has 4 rings (SSSR count). The SMILES string of the molecule is C[C@@H]1OC(c2ccc(OCCCO)cc2)=N[C@]1(Cc1ccccc1)C(=O)NNCCc1ccc(Cl)cc1Cl. The summed E-state index contributed by atoms with van der Waals surface area (Å²) in [7, 11) is 0. The van der Waals surface area contributed by atoms with Gasteiger partial charge in [-0.25, -0.2) is 10.4 Å². The molecule has 0 radical (unpaired) electrons. The van der Waals surface area contributed by atoms with E-state index in [1.165, 1.54) is 0 Å². The number of aliphatic hydroxyl groups is 1. The van der Waals surface area contributed by atoms with Crippen molar-refractivity contribution in [2.45, 2.75) is 37.8 Å². The summed E-state index contributed by atoms with van der Waals surface area (Å²) in [6.45, 7) is 2.84. The zero-order valence-corrected chi connectivity index (χ0v) is 22.6. The number of benzene rings is 3. The fourth-order valence-electron chi connectivity index (χ4n) is 4.22. The minimum atomic E-state index is -1.17. The number of amides is 1. The molecule has 0 fully saturated rings. The lowest BCUT2D eigenvalue weighted by atomic mass is 9.86. The Kier molecular flexibility index (Phi) is 9.63. The van der Waals surface area contributed by atoms with Gasteiger partial charge < -0.3 is 14.6 Å². The van der Waals surface area contributed by atoms with Crippen LogP contribution in [0.5, 0.6) is 5.75 Å². The number of rotatable bonds is 12. The Bertz CT molecular complexity index is 1250. The van der Waals surface area contributed by atoms with Crippen LogP contribution >= 0.6 is 23.2 Å². The molecule has 0 saturated carbocycles. The zero-order valence-electron chi connectivity index (χ0n) is 21.1. The van der Waals surface area contributed by atoms with E-state index in [9.17, 15) is 4.79 Å². The summed E-state index contributed by atoms with van der Waals surface area (Å²) < 4.78 is 11.8. The highest BCUT2D eigenvalue weighted by atomic mass is 35.5. The van der Waals surface area contributed by atoms with E-state index < -0.39 is 11.6 Å². The van der Waals surface area contributed by atoms with Crippen LogP contribution in [0.3, 0.4) is 0 Å². The second-order valence-corrected chi connectivity index (χ2v) is 9.92. The number of hydrogen-bond donors (Lipinski definition) is 3. The first kappa shape index (κ1) is 27.9. The molecule has 1 aliphatic rings. The molecule has 1 amide bonds. The van der Waals surface area contributed by atoms with E-state index in [-0.39, 0.29) is 12.5 Å². The summed E-state index contributed by atoms with van der Waals surface area (Å²) in [6, 6.07) is 22.5. The molecule has 0 spiro atoms. The van der Waals surface area contributed by atoms with Gasteiger partial charge in [-0.1, -0.05) is 59.6 Å². The molecule has 3 aromatic rings. The molecule has 38 heavy (non-hydrogen) atoms. The quantitative estimate of drug-likeness (QED) is 0.221. The maximum atomic E-state index is 13.6. The van der Waals surface area contributed by atoms with Crippen molar-refractivity contribution in [2.75, 3.05) is 19.8 Å². The first-order chi connectivity index (χ1) is 18.4. The van der Waals surface area contributed by atoms with Crippen LogP contribution in [-0.4, -0.2) is 48.3 Å². The van der Waals surface area contributed by atoms with Gasteiger partial charge in [-0.15, -0.1) is 0 Å². The van der Waals surface area contributed by atoms with E-state index in [4.69, 9.17) is 42.8 Å². The Hall–Kier alpha value is -3.10. The first-order valence-corrected chi connectivity index (χ1v) is 13.3. The molecular weight excluding hydrogens is 525 g/mol. The van der Waals surface area contributed by atoms with E-state index in [0.717, 1.165) is 16.7 Å². The largest absolute Gasteiger partial charge is 0.494 e. The lowest BCUT2D eigenvalue weighted by molar-refractivity contribution is -0.129. The summed E-state index contributed by atoms with van der Waals surface area (Å²) in [4.78, 5) is 18.5. The fraction of sp³-hybridized carbons (Fsp3) is 0.310. The molecule has 1 aliphatic heterocycles. The van der Waals surface area contributed by atoms with Crippen LogP contribution in [0.1, 0.15) is 30.0 Å². The number of hydrogen-bond acceptors (Lipinski definition) is 6. The van der Waals surface area contributed by atoms with Crippen LogP contribution < -0.4 is 15.6 Å². The Balaban J connectivity index is 1.49. The van der Waals surface area contributed by atoms with Gasteiger partial charge in [-0.3, -0.25) is 10.2 Å². The van der Waals surface area contributed by atoms with Crippen molar-refractivity contribution >= 4 is 35.0 Å². The normalized spacial score (nSPS) is 18.5. The van der Waals surface area contributed by atoms with Gasteiger partial charge in [0.05, 0.1) is 6.61 Å². The summed E-state index contributed by atoms with van der Waals surface area (Å²) in [5.41, 5.74) is 7.35. The highest BCUT2D eigenvalue weighted by Crippen LogP contribution is 2.33. The van der Waals surface area contributed by atoms with Gasteiger partial charge in [0, 0.05) is 41.6 Å². The lowest BCUT2D eigenvalue weighted by Gasteiger charge is -2.28. The van der Waals surface area contributed by atoms with Crippen LogP contribution in [0.2, 0.25) is 10.0 Å². The minimum absolute atomic E-state index is 0.0793. The molecular formula is C29H31Cl2N3O4. The third-order valence-electron chi connectivity index (χ3n) is 6.38. The molecule has 2 atom stereocenters. The average Bonchev–Trinajstić information content (AvgIpc) is 3.25. The highest BCUT2D eigenvalue weighted by Gasteiger charge is 2.50. The Morgan fingerprint density at radius 2 is 1.87 bits per heavy atom. The second kappa shape index (κ2) is 13.1. The number of nitrogens with zero attached hydrogens (tertiary/aromatic N) is 1. The number of ether oxygens (including phenoxy) is 2. The summed E-state index contributed by atoms with van der Waals surface area (Å²) >= 11 is 12.3. The van der Waals surface area contributed by atoms with Crippen molar-refractivity contribution in [3.05, 3.63) is 99.5 Å². The Morgan fingerprint density at radius 3 is 2.58 bits per heavy atom. The zero-order chi connectivity index (χ0) is 27.0. The van der Waals surface area contributed by atoms with Crippen molar-refractivity contribution in [1.82, 2.24) is 10.9 Å². The molecule has 0 aromatic heterocycles. The minimum Gasteiger partial charge on any atom is -0.494 e. The monoisotopic (exact) mass is 555 g/mol. The fourth-order valence-corrected chi connectivity index (χ4v) is 4.73. The molecule has 0 bridgehead atoms. The predicted molar refractivity (Wildman–Crippen MR) is 150 cm³/mol. The van der Waals surface area contributed by atoms with Crippen LogP contribution in [-0.2, 0) is 22.4 Å². The van der Waals surface area contributed by atoms with Gasteiger partial charge in [0.25, 0.3) is 5.91 Å². The molecule has 3 aromatic carbocycles. The molecule has 0 aliphatic carbocycles. The number of halogens is 2. The van der Waals surface area contributed by atoms with Gasteiger partial charge in [0.15, 0.2) is 5.54 Å². The Morgan fingerprint density at radius 1 is 1.11 bits per heavy atom. The highest BCUT2D eigenvalue weighted by molar-refractivity contribution is 6.35. The maximum Gasteiger partial charge on any atom is 0.266 e. The molecule has 1 heterocycles. The third kappa shape index (κ3) is 6.85. The maximum absolute atomic E-state index is 13.6. The number of nitrogens with one attached hydrogen (secondary N) is 2. The molecule has 0 unspecified atom stereocenters. The van der Waals surface area contributed by atoms with Crippen molar-refractivity contribution < 1.29 is 19.4 Å². The number of carbonyl (C=O) groups excluding carboxylic acids is 1. The summed E-state index contributed by atoms with van der Waals surface area (Å²) in [5.74, 6) is 0.806. The van der Waals surface area contributed by atoms with E-state index in [0.29, 0.717) is 54.1 Å². The molecule has 3 N–H and O–H groups in total. The Labute approximate surface area is 232 Å². The summed E-state index contributed by atoms with van der Waals surface area (Å²) in [5, 5.41) is 10.1. The van der Waals surface area contributed by atoms with E-state index in [2.05, 4.69) is 10.9 Å². The van der Waals surface area contributed by atoms with Crippen molar-refractivity contribution in [2.24, 2.45) is 4.99 Å². The van der Waals surface area contributed by atoms with Crippen LogP contribution in [0, 0.1) is 0 Å². The van der Waals surface area contributed by atoms with Crippen molar-refractivity contribution in [3.8, 4) is 5.75 Å². The third-order valence-corrected chi connectivity index (χ3v) is 6.97. The predicted octanol–water partition coefficient (Wildman–Crippen LogP) is 4.76. The van der Waals surface area contributed by atoms with E-state index in [1.807, 2.05) is 67.6 Å². The summed E-state index contributed by atoms with van der Waals surface area (Å²) in [6.07, 6.45) is 1.03. The molecule has 7 nitrogen and oxygen atoms in total. The van der Waals surface area contributed by atoms with Crippen LogP contribution in [0.15, 0.2) is 77.8 Å². The van der Waals surface area contributed by atoms with E-state index >= 15 is 0 Å². The van der Waals surface area contributed by atoms with Crippen LogP contribution in [0.25, 0.3) is 0 Å². The smallest absolute Gasteiger partial charge is 0.266 e. The number of carbonyl (C=O) groups is 1. The van der Waals surface area contributed by atoms with Gasteiger partial charge in [-0.05, 0) is 60.9 Å². The van der Waals surface area contributed by atoms with Crippen LogP contribution in [0.4, 0.5) is 0 Å². The van der Waals surface area contributed by atoms with Gasteiger partial charge in [0.2, 0.25) is 5.90 Å².